The number of ether oxygens (including phenoxy) is 3. The molecule has 4 aliphatic carbocycles. The van der Waals surface area contributed by atoms with E-state index in [1.165, 1.54) is 56.9 Å². The maximum atomic E-state index is 12.7. The fraction of sp³-hybridized carbons (Fsp3) is 0.919. The van der Waals surface area contributed by atoms with Crippen LogP contribution in [-0.4, -0.2) is 83.1 Å². The lowest BCUT2D eigenvalue weighted by Crippen LogP contribution is -2.59. The maximum absolute atomic E-state index is 12.7. The Morgan fingerprint density at radius 2 is 1.78 bits per heavy atom. The Hall–Kier alpha value is -1.23. The first-order chi connectivity index (χ1) is 21.9. The summed E-state index contributed by atoms with van der Waals surface area (Å²) in [5.74, 6) is 4.84. The number of carbonyl (C=O) groups is 1. The van der Waals surface area contributed by atoms with Gasteiger partial charge in [0.1, 0.15) is 30.5 Å². The van der Waals surface area contributed by atoms with Crippen LogP contribution in [0, 0.1) is 46.3 Å². The summed E-state index contributed by atoms with van der Waals surface area (Å²) in [5.41, 5.74) is 2.20. The zero-order valence-corrected chi connectivity index (χ0v) is 29.0. The highest BCUT2D eigenvalue weighted by Crippen LogP contribution is 2.67. The summed E-state index contributed by atoms with van der Waals surface area (Å²) >= 11 is 0. The number of nitrogens with one attached hydrogen (secondary N) is 1. The lowest BCUT2D eigenvalue weighted by atomic mass is 9.47. The third-order valence-corrected chi connectivity index (χ3v) is 13.3. The van der Waals surface area contributed by atoms with Crippen LogP contribution in [-0.2, 0) is 14.2 Å². The Morgan fingerprint density at radius 3 is 2.52 bits per heavy atom. The minimum absolute atomic E-state index is 0.113. The van der Waals surface area contributed by atoms with Gasteiger partial charge >= 0.3 is 6.09 Å². The summed E-state index contributed by atoms with van der Waals surface area (Å²) in [6.07, 6.45) is 9.51. The monoisotopic (exact) mass is 649 g/mol. The number of aliphatic hydroxyl groups is 4. The second-order valence-electron chi connectivity index (χ2n) is 16.4. The predicted octanol–water partition coefficient (Wildman–Crippen LogP) is 5.33. The van der Waals surface area contributed by atoms with Gasteiger partial charge in [0.2, 0.25) is 0 Å². The van der Waals surface area contributed by atoms with Crippen LogP contribution in [0.4, 0.5) is 4.79 Å². The van der Waals surface area contributed by atoms with Gasteiger partial charge in [-0.05, 0) is 97.7 Å². The van der Waals surface area contributed by atoms with Gasteiger partial charge in [-0.1, -0.05) is 65.5 Å². The van der Waals surface area contributed by atoms with Crippen LogP contribution in [0.15, 0.2) is 11.6 Å². The summed E-state index contributed by atoms with van der Waals surface area (Å²) in [4.78, 5) is 12.7. The van der Waals surface area contributed by atoms with E-state index in [-0.39, 0.29) is 18.1 Å². The van der Waals surface area contributed by atoms with Crippen molar-refractivity contribution in [3.8, 4) is 0 Å². The van der Waals surface area contributed by atoms with Gasteiger partial charge < -0.3 is 40.0 Å². The SMILES string of the molecule is CC(C)CCC[C@@H](C)[C@H]1CC[C@H]2[C@@H]3CC=C4CC(OC(=O)NCCCOC5O[C@H](CO)[C@@H](O)[C@@H](O)[C@H]5O)CC[C@]4(C)[C@H]3CC[C@]12C. The molecule has 0 spiro atoms. The summed E-state index contributed by atoms with van der Waals surface area (Å²) in [5, 5.41) is 42.0. The molecular weight excluding hydrogens is 586 g/mol. The molecule has 9 nitrogen and oxygen atoms in total. The molecule has 2 unspecified atom stereocenters. The van der Waals surface area contributed by atoms with E-state index in [0.717, 1.165) is 54.8 Å². The number of amides is 1. The molecule has 46 heavy (non-hydrogen) atoms. The molecule has 1 heterocycles. The molecule has 5 N–H and O–H groups in total. The van der Waals surface area contributed by atoms with Gasteiger partial charge in [0.05, 0.1) is 13.2 Å². The predicted molar refractivity (Wildman–Crippen MR) is 176 cm³/mol. The first kappa shape index (κ1) is 36.1. The van der Waals surface area contributed by atoms with E-state index in [9.17, 15) is 25.2 Å². The highest BCUT2D eigenvalue weighted by atomic mass is 16.7. The average molecular weight is 650 g/mol. The van der Waals surface area contributed by atoms with Crippen molar-refractivity contribution in [2.24, 2.45) is 46.3 Å². The van der Waals surface area contributed by atoms with Gasteiger partial charge in [-0.15, -0.1) is 0 Å². The van der Waals surface area contributed by atoms with Crippen LogP contribution in [0.2, 0.25) is 0 Å². The summed E-state index contributed by atoms with van der Waals surface area (Å²) < 4.78 is 16.7. The second-order valence-corrected chi connectivity index (χ2v) is 16.4. The molecule has 0 aromatic carbocycles. The van der Waals surface area contributed by atoms with Gasteiger partial charge in [0.25, 0.3) is 0 Å². The zero-order valence-electron chi connectivity index (χ0n) is 29.0. The van der Waals surface area contributed by atoms with Gasteiger partial charge in [-0.2, -0.15) is 0 Å². The maximum Gasteiger partial charge on any atom is 0.407 e. The quantitative estimate of drug-likeness (QED) is 0.141. The molecule has 264 valence electrons. The van der Waals surface area contributed by atoms with Crippen molar-refractivity contribution in [3.63, 3.8) is 0 Å². The fourth-order valence-corrected chi connectivity index (χ4v) is 10.6. The Kier molecular flexibility index (Phi) is 11.9. The first-order valence-corrected chi connectivity index (χ1v) is 18.4. The van der Waals surface area contributed by atoms with Crippen molar-refractivity contribution in [1.82, 2.24) is 5.32 Å². The van der Waals surface area contributed by atoms with Gasteiger partial charge in [-0.25, -0.2) is 4.79 Å². The van der Waals surface area contributed by atoms with E-state index < -0.39 is 43.4 Å². The standard InChI is InChI=1S/C37H63NO8/c1-22(2)8-6-9-23(3)27-12-13-28-26-11-10-24-20-25(14-16-36(24,4)29(26)15-17-37(27,28)5)45-35(43)38-18-7-19-44-34-33(42)32(41)31(40)30(21-39)46-34/h10,22-23,25-34,39-42H,6-9,11-21H2,1-5H3,(H,38,43)/t23-,25?,26+,27-,28+,29+,30-,31-,32-,33-,34?,36+,37-/m1/s1. The largest absolute Gasteiger partial charge is 0.446 e. The van der Waals surface area contributed by atoms with Gasteiger partial charge in [0.15, 0.2) is 6.29 Å². The Labute approximate surface area is 276 Å². The van der Waals surface area contributed by atoms with Gasteiger partial charge in [0, 0.05) is 13.0 Å². The number of carbonyl (C=O) groups excluding carboxylic acids is 1. The fourth-order valence-electron chi connectivity index (χ4n) is 10.6. The summed E-state index contributed by atoms with van der Waals surface area (Å²) in [7, 11) is 0. The molecule has 9 heteroatoms. The number of hydrogen-bond donors (Lipinski definition) is 5. The molecule has 5 rings (SSSR count). The Bertz CT molecular complexity index is 1050. The number of aliphatic hydroxyl groups excluding tert-OH is 4. The molecule has 3 saturated carbocycles. The lowest BCUT2D eigenvalue weighted by molar-refractivity contribution is -0.301. The molecule has 4 fully saturated rings. The van der Waals surface area contributed by atoms with Crippen LogP contribution in [0.1, 0.15) is 112 Å². The third kappa shape index (κ3) is 7.35. The Morgan fingerprint density at radius 1 is 1.00 bits per heavy atom. The van der Waals surface area contributed by atoms with Crippen molar-refractivity contribution in [3.05, 3.63) is 11.6 Å². The molecule has 1 amide bonds. The lowest BCUT2D eigenvalue weighted by Gasteiger charge is -2.58. The van der Waals surface area contributed by atoms with Crippen molar-refractivity contribution in [2.45, 2.75) is 148 Å². The van der Waals surface area contributed by atoms with E-state index in [2.05, 4.69) is 46.0 Å². The molecule has 5 aliphatic rings. The Balaban J connectivity index is 1.07. The van der Waals surface area contributed by atoms with Crippen molar-refractivity contribution in [1.29, 1.82) is 0 Å². The van der Waals surface area contributed by atoms with E-state index >= 15 is 0 Å². The molecule has 0 bridgehead atoms. The average Bonchev–Trinajstić information content (AvgIpc) is 3.38. The minimum Gasteiger partial charge on any atom is -0.446 e. The minimum atomic E-state index is -1.47. The molecule has 0 radical (unpaired) electrons. The normalized spacial score (nSPS) is 42.9. The smallest absolute Gasteiger partial charge is 0.407 e. The zero-order chi connectivity index (χ0) is 33.2. The van der Waals surface area contributed by atoms with Crippen LogP contribution in [0.3, 0.4) is 0 Å². The molecule has 0 aromatic heterocycles. The van der Waals surface area contributed by atoms with Crippen LogP contribution >= 0.6 is 0 Å². The van der Waals surface area contributed by atoms with E-state index in [1.807, 2.05) is 0 Å². The third-order valence-electron chi connectivity index (χ3n) is 13.3. The number of allylic oxidation sites excluding steroid dienone is 1. The highest BCUT2D eigenvalue weighted by Gasteiger charge is 2.59. The van der Waals surface area contributed by atoms with E-state index in [1.54, 1.807) is 0 Å². The topological polar surface area (TPSA) is 138 Å². The molecule has 1 aliphatic heterocycles. The molecule has 13 atom stereocenters. The van der Waals surface area contributed by atoms with E-state index in [0.29, 0.717) is 18.4 Å². The molecule has 0 aromatic rings. The van der Waals surface area contributed by atoms with Crippen molar-refractivity contribution in [2.75, 3.05) is 19.8 Å². The van der Waals surface area contributed by atoms with Crippen molar-refractivity contribution < 1.29 is 39.4 Å². The molecule has 1 saturated heterocycles. The number of fused-ring (bicyclic) bond motifs is 5. The van der Waals surface area contributed by atoms with Crippen LogP contribution in [0.5, 0.6) is 0 Å². The second kappa shape index (κ2) is 15.1. The summed E-state index contributed by atoms with van der Waals surface area (Å²) in [6, 6.07) is 0. The number of hydrogen-bond acceptors (Lipinski definition) is 8. The number of alkyl carbamates (subject to hydrolysis) is 1. The van der Waals surface area contributed by atoms with Crippen LogP contribution in [0.25, 0.3) is 0 Å². The van der Waals surface area contributed by atoms with Crippen LogP contribution < -0.4 is 5.32 Å². The first-order valence-electron chi connectivity index (χ1n) is 18.4. The number of rotatable bonds is 12. The highest BCUT2D eigenvalue weighted by molar-refractivity contribution is 5.67. The van der Waals surface area contributed by atoms with E-state index in [4.69, 9.17) is 14.2 Å². The summed E-state index contributed by atoms with van der Waals surface area (Å²) in [6.45, 7) is 12.4. The van der Waals surface area contributed by atoms with Gasteiger partial charge in [-0.3, -0.25) is 0 Å². The molecular formula is C37H63NO8. The van der Waals surface area contributed by atoms with Crippen molar-refractivity contribution >= 4 is 6.09 Å².